The second-order valence-electron chi connectivity index (χ2n) is 8.58. The molecule has 0 saturated carbocycles. The second kappa shape index (κ2) is 7.73. The van der Waals surface area contributed by atoms with E-state index >= 15 is 0 Å². The number of ether oxygens (including phenoxy) is 1. The first-order valence-corrected chi connectivity index (χ1v) is 10.4. The molecule has 1 unspecified atom stereocenters. The number of esters is 1. The first-order chi connectivity index (χ1) is 15.5. The van der Waals surface area contributed by atoms with Gasteiger partial charge in [0.05, 0.1) is 12.7 Å². The maximum absolute atomic E-state index is 13.4. The number of hydrogen-bond donors (Lipinski definition) is 5. The number of hydrogen-bond acceptors (Lipinski definition) is 9. The number of aliphatic hydroxyl groups is 3. The highest BCUT2D eigenvalue weighted by Crippen LogP contribution is 2.51. The van der Waals surface area contributed by atoms with Crippen molar-refractivity contribution in [3.05, 3.63) is 51.5 Å². The first kappa shape index (κ1) is 22.5. The number of nitrogens with two attached hydrogens (primary N) is 1. The molecule has 3 atom stereocenters. The van der Waals surface area contributed by atoms with Gasteiger partial charge < -0.3 is 30.9 Å². The van der Waals surface area contributed by atoms with Crippen molar-refractivity contribution in [3.8, 4) is 5.75 Å². The molecule has 10 heteroatoms. The number of fused-ring (bicyclic) bond motifs is 3. The lowest BCUT2D eigenvalue weighted by Gasteiger charge is -2.45. The number of amides is 1. The van der Waals surface area contributed by atoms with Crippen LogP contribution < -0.4 is 5.73 Å². The molecule has 0 spiro atoms. The van der Waals surface area contributed by atoms with Crippen molar-refractivity contribution < 1.29 is 44.3 Å². The number of phenolic OH excluding ortho intramolecular Hbond substituents is 1. The van der Waals surface area contributed by atoms with Crippen LogP contribution in [0.15, 0.2) is 34.8 Å². The molecule has 174 valence electrons. The number of methoxy groups -OCH3 is 1. The van der Waals surface area contributed by atoms with Gasteiger partial charge in [0, 0.05) is 24.3 Å². The molecule has 1 amide bonds. The molecule has 0 bridgehead atoms. The fraction of sp³-hybridized carbons (Fsp3) is 0.391. The van der Waals surface area contributed by atoms with Crippen LogP contribution >= 0.6 is 0 Å². The van der Waals surface area contributed by atoms with E-state index in [0.717, 1.165) is 0 Å². The zero-order valence-corrected chi connectivity index (χ0v) is 17.8. The number of aryl methyl sites for hydroxylation is 1. The zero-order valence-electron chi connectivity index (χ0n) is 17.8. The second-order valence-corrected chi connectivity index (χ2v) is 8.58. The molecular weight excluding hydrogens is 434 g/mol. The largest absolute Gasteiger partial charge is 0.511 e. The van der Waals surface area contributed by atoms with Crippen LogP contribution in [0.2, 0.25) is 0 Å². The summed E-state index contributed by atoms with van der Waals surface area (Å²) < 4.78 is 4.66. The predicted molar refractivity (Wildman–Crippen MR) is 111 cm³/mol. The van der Waals surface area contributed by atoms with Gasteiger partial charge in [0.1, 0.15) is 22.8 Å². The Hall–Kier alpha value is -3.66. The molecule has 33 heavy (non-hydrogen) atoms. The van der Waals surface area contributed by atoms with Crippen molar-refractivity contribution >= 4 is 23.4 Å². The topological polar surface area (TPSA) is 184 Å². The van der Waals surface area contributed by atoms with E-state index in [1.54, 1.807) is 6.07 Å². The smallest absolute Gasteiger partial charge is 0.305 e. The number of benzene rings is 1. The highest BCUT2D eigenvalue weighted by atomic mass is 16.5. The standard InChI is InChI=1S/C23H23NO9/c1-33-15(27)5-3-9-2-4-13(25)17-12(9)7-10-6-11-8-14(26)18(22(24)31)21(30)23(11,32)20(29)16(10)19(17)28/h2,4,10-11,25-26,29,32H,3,5-8H2,1H3,(H2,24,31)/t10?,11-,23-/m0/s1. The van der Waals surface area contributed by atoms with E-state index in [9.17, 15) is 39.6 Å². The van der Waals surface area contributed by atoms with Crippen LogP contribution in [-0.2, 0) is 32.0 Å². The minimum Gasteiger partial charge on any atom is -0.511 e. The molecule has 6 N–H and O–H groups in total. The van der Waals surface area contributed by atoms with Gasteiger partial charge in [0.2, 0.25) is 5.78 Å². The van der Waals surface area contributed by atoms with Crippen LogP contribution in [0.3, 0.4) is 0 Å². The fourth-order valence-electron chi connectivity index (χ4n) is 5.26. The minimum absolute atomic E-state index is 0.0506. The number of aliphatic hydroxyl groups excluding tert-OH is 2. The number of carbonyl (C=O) groups is 4. The monoisotopic (exact) mass is 457 g/mol. The normalized spacial score (nSPS) is 26.5. The number of rotatable bonds is 4. The molecular formula is C23H23NO9. The van der Waals surface area contributed by atoms with Crippen LogP contribution in [0.25, 0.3) is 0 Å². The lowest BCUT2D eigenvalue weighted by molar-refractivity contribution is -0.144. The Bertz CT molecular complexity index is 1180. The van der Waals surface area contributed by atoms with E-state index in [1.807, 2.05) is 0 Å². The van der Waals surface area contributed by atoms with E-state index in [-0.39, 0.29) is 49.0 Å². The summed E-state index contributed by atoms with van der Waals surface area (Å²) in [6.07, 6.45) is 0.280. The SMILES string of the molecule is COC(=O)CCc1ccc(O)c2c1CC1C[C@H]3CC(O)=C(C(N)=O)C(=O)[C@@]3(O)C(O)=C1C2=O. The fourth-order valence-corrected chi connectivity index (χ4v) is 5.26. The van der Waals surface area contributed by atoms with Gasteiger partial charge in [-0.2, -0.15) is 0 Å². The molecule has 0 aliphatic heterocycles. The van der Waals surface area contributed by atoms with E-state index in [2.05, 4.69) is 4.74 Å². The first-order valence-electron chi connectivity index (χ1n) is 10.4. The van der Waals surface area contributed by atoms with E-state index < -0.39 is 58.0 Å². The van der Waals surface area contributed by atoms with Gasteiger partial charge >= 0.3 is 5.97 Å². The predicted octanol–water partition coefficient (Wildman–Crippen LogP) is 0.686. The van der Waals surface area contributed by atoms with Crippen molar-refractivity contribution in [2.45, 2.75) is 37.7 Å². The average Bonchev–Trinajstić information content (AvgIpc) is 2.75. The maximum atomic E-state index is 13.4. The van der Waals surface area contributed by atoms with E-state index in [4.69, 9.17) is 5.73 Å². The van der Waals surface area contributed by atoms with Crippen LogP contribution in [0, 0.1) is 11.8 Å². The van der Waals surface area contributed by atoms with Crippen molar-refractivity contribution in [3.63, 3.8) is 0 Å². The molecule has 3 aliphatic rings. The van der Waals surface area contributed by atoms with Gasteiger partial charge in [-0.25, -0.2) is 0 Å². The number of primary amides is 1. The Balaban J connectivity index is 1.82. The number of allylic oxidation sites excluding steroid dienone is 2. The minimum atomic E-state index is -2.59. The highest BCUT2D eigenvalue weighted by Gasteiger charge is 2.59. The van der Waals surface area contributed by atoms with Crippen LogP contribution in [0.1, 0.15) is 40.7 Å². The zero-order chi connectivity index (χ0) is 24.2. The Labute approximate surface area is 188 Å². The molecule has 0 aromatic heterocycles. The highest BCUT2D eigenvalue weighted by molar-refractivity contribution is 6.24. The summed E-state index contributed by atoms with van der Waals surface area (Å²) in [5.41, 5.74) is 2.64. The molecule has 1 aromatic rings. The third kappa shape index (κ3) is 3.20. The number of carbonyl (C=O) groups excluding carboxylic acids is 4. The van der Waals surface area contributed by atoms with E-state index in [1.165, 1.54) is 13.2 Å². The van der Waals surface area contributed by atoms with Crippen molar-refractivity contribution in [2.75, 3.05) is 7.11 Å². The molecule has 4 rings (SSSR count). The average molecular weight is 457 g/mol. The summed E-state index contributed by atoms with van der Waals surface area (Å²) in [6.45, 7) is 0. The lowest BCUT2D eigenvalue weighted by Crippen LogP contribution is -2.57. The van der Waals surface area contributed by atoms with Gasteiger partial charge in [0.25, 0.3) is 5.91 Å². The Morgan fingerprint density at radius 3 is 2.52 bits per heavy atom. The quantitative estimate of drug-likeness (QED) is 0.320. The molecule has 0 saturated heterocycles. The van der Waals surface area contributed by atoms with Crippen molar-refractivity contribution in [2.24, 2.45) is 17.6 Å². The van der Waals surface area contributed by atoms with Gasteiger partial charge in [-0.1, -0.05) is 6.07 Å². The third-order valence-electron chi connectivity index (χ3n) is 6.87. The number of Topliss-reactive ketones (excluding diaryl/α,β-unsaturated/α-hetero) is 2. The third-order valence-corrected chi connectivity index (χ3v) is 6.87. The molecule has 0 heterocycles. The Morgan fingerprint density at radius 2 is 1.88 bits per heavy atom. The van der Waals surface area contributed by atoms with Gasteiger partial charge in [-0.15, -0.1) is 0 Å². The number of ketones is 2. The van der Waals surface area contributed by atoms with Crippen molar-refractivity contribution in [1.82, 2.24) is 0 Å². The summed E-state index contributed by atoms with van der Waals surface area (Å²) in [7, 11) is 1.26. The van der Waals surface area contributed by atoms with Gasteiger partial charge in [-0.05, 0) is 42.4 Å². The summed E-state index contributed by atoms with van der Waals surface area (Å²) in [5, 5.41) is 42.7. The number of aromatic hydroxyl groups is 1. The summed E-state index contributed by atoms with van der Waals surface area (Å²) in [5.74, 6) is -7.12. The van der Waals surface area contributed by atoms with Gasteiger partial charge in [-0.3, -0.25) is 19.2 Å². The van der Waals surface area contributed by atoms with Crippen LogP contribution in [0.5, 0.6) is 5.75 Å². The molecule has 1 aromatic carbocycles. The Morgan fingerprint density at radius 1 is 1.18 bits per heavy atom. The van der Waals surface area contributed by atoms with Crippen LogP contribution in [-0.4, -0.2) is 56.6 Å². The maximum Gasteiger partial charge on any atom is 0.305 e. The molecule has 0 radical (unpaired) electrons. The summed E-state index contributed by atoms with van der Waals surface area (Å²) >= 11 is 0. The van der Waals surface area contributed by atoms with Crippen molar-refractivity contribution in [1.29, 1.82) is 0 Å². The summed E-state index contributed by atoms with van der Waals surface area (Å²) in [6, 6.07) is 2.91. The molecule has 3 aliphatic carbocycles. The lowest BCUT2D eigenvalue weighted by atomic mass is 9.60. The van der Waals surface area contributed by atoms with E-state index in [0.29, 0.717) is 11.1 Å². The van der Waals surface area contributed by atoms with Gasteiger partial charge in [0.15, 0.2) is 11.4 Å². The molecule has 10 nitrogen and oxygen atoms in total. The van der Waals surface area contributed by atoms with Crippen LogP contribution in [0.4, 0.5) is 0 Å². The molecule has 0 fully saturated rings. The Kier molecular flexibility index (Phi) is 5.28. The number of phenols is 1. The summed E-state index contributed by atoms with van der Waals surface area (Å²) in [4.78, 5) is 49.5.